The minimum atomic E-state index is -5.08. The van der Waals surface area contributed by atoms with Gasteiger partial charge in [-0.1, -0.05) is 13.8 Å². The maximum absolute atomic E-state index is 11.2. The Balaban J connectivity index is 0.000000325. The molecule has 1 atom stereocenters. The maximum Gasteiger partial charge on any atom is 0.490 e. The summed E-state index contributed by atoms with van der Waals surface area (Å²) in [6, 6.07) is 0. The van der Waals surface area contributed by atoms with E-state index in [9.17, 15) is 17.4 Å². The number of aliphatic carboxylic acids is 1. The van der Waals surface area contributed by atoms with Crippen molar-refractivity contribution in [3.05, 3.63) is 0 Å². The van der Waals surface area contributed by atoms with Gasteiger partial charge in [0.2, 0.25) is 0 Å². The average Bonchev–Trinajstić information content (AvgIpc) is 2.10. The van der Waals surface area contributed by atoms with Crippen molar-refractivity contribution < 1.29 is 27.3 Å². The topological polar surface area (TPSA) is 66.4 Å². The van der Waals surface area contributed by atoms with Crippen LogP contribution in [0.1, 0.15) is 13.8 Å². The first-order valence-corrected chi connectivity index (χ1v) is 6.40. The zero-order chi connectivity index (χ0) is 13.6. The van der Waals surface area contributed by atoms with Crippen LogP contribution in [0.5, 0.6) is 0 Å². The highest BCUT2D eigenvalue weighted by molar-refractivity contribution is 7.85. The molecule has 0 spiro atoms. The van der Waals surface area contributed by atoms with Gasteiger partial charge in [0, 0.05) is 34.9 Å². The quantitative estimate of drug-likeness (QED) is 0.806. The van der Waals surface area contributed by atoms with Crippen LogP contribution in [0.25, 0.3) is 0 Å². The van der Waals surface area contributed by atoms with Crippen molar-refractivity contribution in [2.24, 2.45) is 5.92 Å². The van der Waals surface area contributed by atoms with Crippen LogP contribution in [0.3, 0.4) is 0 Å². The molecule has 0 aliphatic carbocycles. The van der Waals surface area contributed by atoms with E-state index >= 15 is 0 Å². The van der Waals surface area contributed by atoms with Gasteiger partial charge in [-0.15, -0.1) is 0 Å². The first kappa shape index (κ1) is 16.4. The van der Waals surface area contributed by atoms with Gasteiger partial charge >= 0.3 is 12.1 Å². The predicted octanol–water partition coefficient (Wildman–Crippen LogP) is 0.996. The number of rotatable bonds is 3. The molecule has 1 aliphatic rings. The number of nitrogens with one attached hydrogen (secondary N) is 1. The molecule has 4 nitrogen and oxygen atoms in total. The molecule has 0 aromatic carbocycles. The summed E-state index contributed by atoms with van der Waals surface area (Å²) in [7, 11) is -0.590. The van der Waals surface area contributed by atoms with E-state index in [4.69, 9.17) is 9.90 Å². The van der Waals surface area contributed by atoms with E-state index in [0.29, 0.717) is 11.2 Å². The molecular weight excluding hydrogens is 259 g/mol. The van der Waals surface area contributed by atoms with Gasteiger partial charge < -0.3 is 10.4 Å². The van der Waals surface area contributed by atoms with Crippen molar-refractivity contribution >= 4 is 16.8 Å². The van der Waals surface area contributed by atoms with Gasteiger partial charge in [0.1, 0.15) is 0 Å². The van der Waals surface area contributed by atoms with Crippen LogP contribution in [0.2, 0.25) is 0 Å². The summed E-state index contributed by atoms with van der Waals surface area (Å²) in [5.41, 5.74) is 0. The van der Waals surface area contributed by atoms with Gasteiger partial charge in [-0.25, -0.2) is 4.79 Å². The average molecular weight is 275 g/mol. The summed E-state index contributed by atoms with van der Waals surface area (Å²) < 4.78 is 43.0. The highest BCUT2D eigenvalue weighted by atomic mass is 32.2. The first-order valence-electron chi connectivity index (χ1n) is 5.02. The summed E-state index contributed by atoms with van der Waals surface area (Å²) in [5, 5.41) is 10.6. The number of hydrogen-bond donors (Lipinski definition) is 2. The minimum Gasteiger partial charge on any atom is -0.475 e. The Morgan fingerprint density at radius 2 is 1.88 bits per heavy atom. The number of alkyl halides is 3. The summed E-state index contributed by atoms with van der Waals surface area (Å²) >= 11 is 0. The Hall–Kier alpha value is -0.630. The normalized spacial score (nSPS) is 18.0. The fraction of sp³-hybridized carbons (Fsp3) is 0.889. The number of hydrogen-bond acceptors (Lipinski definition) is 3. The summed E-state index contributed by atoms with van der Waals surface area (Å²) in [6.07, 6.45) is -5.08. The lowest BCUT2D eigenvalue weighted by Crippen LogP contribution is -2.45. The molecule has 17 heavy (non-hydrogen) atoms. The largest absolute Gasteiger partial charge is 0.490 e. The molecule has 0 aromatic heterocycles. The van der Waals surface area contributed by atoms with Crippen LogP contribution >= 0.6 is 0 Å². The van der Waals surface area contributed by atoms with Crippen LogP contribution in [-0.4, -0.2) is 45.6 Å². The second-order valence-electron chi connectivity index (χ2n) is 3.92. The van der Waals surface area contributed by atoms with Crippen LogP contribution in [-0.2, 0) is 15.6 Å². The lowest BCUT2D eigenvalue weighted by molar-refractivity contribution is -0.192. The number of halogens is 3. The van der Waals surface area contributed by atoms with Gasteiger partial charge in [-0.3, -0.25) is 4.21 Å². The second kappa shape index (κ2) is 6.95. The number of carbonyl (C=O) groups is 1. The van der Waals surface area contributed by atoms with E-state index in [1.54, 1.807) is 0 Å². The molecule has 0 radical (unpaired) electrons. The van der Waals surface area contributed by atoms with E-state index in [1.165, 1.54) is 0 Å². The van der Waals surface area contributed by atoms with Gasteiger partial charge in [-0.05, 0) is 5.92 Å². The molecule has 1 rings (SSSR count). The fourth-order valence-electron chi connectivity index (χ4n) is 0.891. The lowest BCUT2D eigenvalue weighted by atomic mass is 10.1. The molecule has 102 valence electrons. The molecule has 1 unspecified atom stereocenters. The van der Waals surface area contributed by atoms with E-state index in [0.717, 1.165) is 18.8 Å². The van der Waals surface area contributed by atoms with Crippen molar-refractivity contribution in [3.8, 4) is 0 Å². The number of carboxylic acids is 1. The predicted molar refractivity (Wildman–Crippen MR) is 58.2 cm³/mol. The van der Waals surface area contributed by atoms with Crippen LogP contribution in [0.4, 0.5) is 13.2 Å². The third kappa shape index (κ3) is 7.32. The number of carboxylic acid groups (broad SMARTS) is 1. The molecule has 0 amide bonds. The Labute approximate surface area is 100 Å². The van der Waals surface area contributed by atoms with Crippen molar-refractivity contribution in [3.63, 3.8) is 0 Å². The monoisotopic (exact) mass is 275 g/mol. The van der Waals surface area contributed by atoms with Crippen LogP contribution < -0.4 is 5.32 Å². The molecule has 8 heteroatoms. The summed E-state index contributed by atoms with van der Waals surface area (Å²) in [4.78, 5) is 8.90. The SMILES string of the molecule is CC(C)S(=O)CC1CNC1.O=C(O)C(F)(F)F. The molecule has 0 saturated carbocycles. The fourth-order valence-corrected chi connectivity index (χ4v) is 1.98. The zero-order valence-electron chi connectivity index (χ0n) is 9.58. The van der Waals surface area contributed by atoms with Gasteiger partial charge in [0.15, 0.2) is 0 Å². The minimum absolute atomic E-state index is 0.334. The third-order valence-corrected chi connectivity index (χ3v) is 3.89. The smallest absolute Gasteiger partial charge is 0.475 e. The van der Waals surface area contributed by atoms with E-state index < -0.39 is 22.9 Å². The third-order valence-electron chi connectivity index (χ3n) is 2.03. The molecule has 1 aliphatic heterocycles. The zero-order valence-corrected chi connectivity index (χ0v) is 10.4. The lowest BCUT2D eigenvalue weighted by Gasteiger charge is -2.27. The molecular formula is C9H16F3NO3S. The van der Waals surface area contributed by atoms with E-state index in [1.807, 2.05) is 13.8 Å². The summed E-state index contributed by atoms with van der Waals surface area (Å²) in [5.74, 6) is -1.18. The Morgan fingerprint density at radius 3 is 2.06 bits per heavy atom. The Kier molecular flexibility index (Phi) is 6.69. The molecule has 0 bridgehead atoms. The molecule has 1 saturated heterocycles. The molecule has 0 aromatic rings. The maximum atomic E-state index is 11.2. The van der Waals surface area contributed by atoms with Crippen molar-refractivity contribution in [2.75, 3.05) is 18.8 Å². The van der Waals surface area contributed by atoms with Crippen molar-refractivity contribution in [1.82, 2.24) is 5.32 Å². The highest BCUT2D eigenvalue weighted by Crippen LogP contribution is 2.13. The molecule has 1 heterocycles. The van der Waals surface area contributed by atoms with Gasteiger partial charge in [0.25, 0.3) is 0 Å². The Morgan fingerprint density at radius 1 is 1.47 bits per heavy atom. The summed E-state index contributed by atoms with van der Waals surface area (Å²) in [6.45, 7) is 6.17. The van der Waals surface area contributed by atoms with E-state index in [-0.39, 0.29) is 0 Å². The standard InChI is InChI=1S/C7H15NOS.C2HF3O2/c1-6(2)10(9)5-7-3-8-4-7;3-2(4,5)1(6)7/h6-8H,3-5H2,1-2H3;(H,6,7). The Bertz CT molecular complexity index is 277. The van der Waals surface area contributed by atoms with Crippen molar-refractivity contribution in [2.45, 2.75) is 25.3 Å². The van der Waals surface area contributed by atoms with Gasteiger partial charge in [0.05, 0.1) is 0 Å². The second-order valence-corrected chi connectivity index (χ2v) is 5.96. The highest BCUT2D eigenvalue weighted by Gasteiger charge is 2.38. The first-order chi connectivity index (χ1) is 7.64. The molecule has 1 fully saturated rings. The van der Waals surface area contributed by atoms with Crippen molar-refractivity contribution in [1.29, 1.82) is 0 Å². The molecule has 2 N–H and O–H groups in total. The van der Waals surface area contributed by atoms with E-state index in [2.05, 4.69) is 5.32 Å². The van der Waals surface area contributed by atoms with Crippen LogP contribution in [0.15, 0.2) is 0 Å². The van der Waals surface area contributed by atoms with Crippen LogP contribution in [0, 0.1) is 5.92 Å². The van der Waals surface area contributed by atoms with Gasteiger partial charge in [-0.2, -0.15) is 13.2 Å².